The van der Waals surface area contributed by atoms with Gasteiger partial charge in [0.15, 0.2) is 0 Å². The van der Waals surface area contributed by atoms with Crippen LogP contribution in [0.2, 0.25) is 0 Å². The molecule has 0 bridgehead atoms. The minimum Gasteiger partial charge on any atom is -0.342 e. The Bertz CT molecular complexity index is 599. The van der Waals surface area contributed by atoms with E-state index in [0.717, 1.165) is 31.8 Å². The average molecular weight is 357 g/mol. The van der Waals surface area contributed by atoms with Crippen LogP contribution in [-0.2, 0) is 4.79 Å². The average Bonchev–Trinajstić information content (AvgIpc) is 3.34. The molecule has 5 nitrogen and oxygen atoms in total. The topological polar surface area (TPSA) is 53.5 Å². The highest BCUT2D eigenvalue weighted by atomic mass is 16.2. The minimum absolute atomic E-state index is 0.000518. The van der Waals surface area contributed by atoms with Gasteiger partial charge in [-0.05, 0) is 43.2 Å². The van der Waals surface area contributed by atoms with Crippen LogP contribution in [0.1, 0.15) is 61.7 Å². The molecule has 5 heteroatoms. The summed E-state index contributed by atoms with van der Waals surface area (Å²) in [6, 6.07) is 3.57. The van der Waals surface area contributed by atoms with Crippen molar-refractivity contribution >= 4 is 11.8 Å². The van der Waals surface area contributed by atoms with E-state index in [1.807, 2.05) is 11.9 Å². The first-order valence-electron chi connectivity index (χ1n) is 10.1. The van der Waals surface area contributed by atoms with Crippen molar-refractivity contribution in [1.29, 1.82) is 0 Å². The van der Waals surface area contributed by atoms with E-state index in [2.05, 4.69) is 4.98 Å². The molecule has 1 saturated carbocycles. The first-order chi connectivity index (χ1) is 12.6. The van der Waals surface area contributed by atoms with Gasteiger partial charge in [0.1, 0.15) is 0 Å². The molecule has 1 aliphatic carbocycles. The summed E-state index contributed by atoms with van der Waals surface area (Å²) in [7, 11) is 1.83. The van der Waals surface area contributed by atoms with Gasteiger partial charge in [0, 0.05) is 45.5 Å². The highest BCUT2D eigenvalue weighted by molar-refractivity contribution is 5.93. The lowest BCUT2D eigenvalue weighted by molar-refractivity contribution is -0.130. The number of hydrogen-bond acceptors (Lipinski definition) is 3. The molecule has 2 fully saturated rings. The van der Waals surface area contributed by atoms with Gasteiger partial charge in [-0.25, -0.2) is 0 Å². The van der Waals surface area contributed by atoms with Gasteiger partial charge in [-0.1, -0.05) is 25.7 Å². The van der Waals surface area contributed by atoms with Gasteiger partial charge >= 0.3 is 0 Å². The Balaban J connectivity index is 1.38. The number of nitrogens with zero attached hydrogens (tertiary/aromatic N) is 3. The molecule has 1 aromatic rings. The molecule has 3 rings (SSSR count). The molecule has 2 aliphatic rings. The zero-order chi connectivity index (χ0) is 18.4. The van der Waals surface area contributed by atoms with Crippen LogP contribution in [0.4, 0.5) is 0 Å². The molecule has 26 heavy (non-hydrogen) atoms. The summed E-state index contributed by atoms with van der Waals surface area (Å²) >= 11 is 0. The van der Waals surface area contributed by atoms with Crippen LogP contribution >= 0.6 is 0 Å². The van der Waals surface area contributed by atoms with E-state index in [4.69, 9.17) is 0 Å². The first-order valence-corrected chi connectivity index (χ1v) is 10.1. The number of hydrogen-bond donors (Lipinski definition) is 0. The third kappa shape index (κ3) is 5.05. The molecule has 0 N–H and O–H groups in total. The third-order valence-electron chi connectivity index (χ3n) is 5.90. The van der Waals surface area contributed by atoms with Gasteiger partial charge < -0.3 is 9.80 Å². The summed E-state index contributed by atoms with van der Waals surface area (Å²) < 4.78 is 0. The molecular formula is C21H31N3O2. The van der Waals surface area contributed by atoms with Crippen LogP contribution in [-0.4, -0.2) is 53.3 Å². The Morgan fingerprint density at radius 3 is 2.77 bits per heavy atom. The van der Waals surface area contributed by atoms with Gasteiger partial charge in [-0.3, -0.25) is 14.6 Å². The molecule has 1 atom stereocenters. The maximum Gasteiger partial charge on any atom is 0.255 e. The van der Waals surface area contributed by atoms with Crippen molar-refractivity contribution in [2.75, 3.05) is 26.7 Å². The van der Waals surface area contributed by atoms with Crippen molar-refractivity contribution in [2.24, 2.45) is 11.8 Å². The Kier molecular flexibility index (Phi) is 6.64. The van der Waals surface area contributed by atoms with Crippen LogP contribution in [0.3, 0.4) is 0 Å². The van der Waals surface area contributed by atoms with Crippen LogP contribution in [0.15, 0.2) is 24.5 Å². The molecule has 1 aromatic heterocycles. The highest BCUT2D eigenvalue weighted by Crippen LogP contribution is 2.29. The van der Waals surface area contributed by atoms with Crippen LogP contribution in [0.25, 0.3) is 0 Å². The number of carbonyl (C=O) groups is 2. The van der Waals surface area contributed by atoms with E-state index in [1.54, 1.807) is 29.4 Å². The second-order valence-corrected chi connectivity index (χ2v) is 7.96. The molecule has 0 spiro atoms. The minimum atomic E-state index is -0.000518. The molecule has 1 saturated heterocycles. The van der Waals surface area contributed by atoms with Gasteiger partial charge in [-0.15, -0.1) is 0 Å². The van der Waals surface area contributed by atoms with Crippen LogP contribution in [0.5, 0.6) is 0 Å². The lowest BCUT2D eigenvalue weighted by Crippen LogP contribution is -2.34. The molecule has 2 amide bonds. The summed E-state index contributed by atoms with van der Waals surface area (Å²) in [6.07, 6.45) is 12.7. The highest BCUT2D eigenvalue weighted by Gasteiger charge is 2.28. The lowest BCUT2D eigenvalue weighted by atomic mass is 10.0. The molecule has 142 valence electrons. The van der Waals surface area contributed by atoms with E-state index in [0.29, 0.717) is 30.4 Å². The van der Waals surface area contributed by atoms with Crippen molar-refractivity contribution in [1.82, 2.24) is 14.8 Å². The van der Waals surface area contributed by atoms with Gasteiger partial charge in [-0.2, -0.15) is 0 Å². The molecule has 2 heterocycles. The second kappa shape index (κ2) is 9.15. The second-order valence-electron chi connectivity index (χ2n) is 7.96. The van der Waals surface area contributed by atoms with E-state index >= 15 is 0 Å². The van der Waals surface area contributed by atoms with Gasteiger partial charge in [0.05, 0.1) is 5.56 Å². The Morgan fingerprint density at radius 2 is 2.04 bits per heavy atom. The zero-order valence-electron chi connectivity index (χ0n) is 15.9. The van der Waals surface area contributed by atoms with E-state index < -0.39 is 0 Å². The van der Waals surface area contributed by atoms with Crippen molar-refractivity contribution in [3.63, 3.8) is 0 Å². The number of carbonyl (C=O) groups excluding carboxylic acids is 2. The molecule has 0 aromatic carbocycles. The molecule has 1 aliphatic heterocycles. The largest absolute Gasteiger partial charge is 0.342 e. The molecule has 1 unspecified atom stereocenters. The number of amides is 2. The van der Waals surface area contributed by atoms with E-state index in [-0.39, 0.29) is 5.91 Å². The van der Waals surface area contributed by atoms with Crippen molar-refractivity contribution < 1.29 is 9.59 Å². The normalized spacial score (nSPS) is 20.5. The van der Waals surface area contributed by atoms with Crippen molar-refractivity contribution in [3.05, 3.63) is 30.1 Å². The predicted molar refractivity (Wildman–Crippen MR) is 102 cm³/mol. The molecule has 0 radical (unpaired) electrons. The Morgan fingerprint density at radius 1 is 1.23 bits per heavy atom. The number of aromatic nitrogens is 1. The first kappa shape index (κ1) is 18.9. The number of rotatable bonds is 7. The zero-order valence-corrected chi connectivity index (χ0v) is 15.9. The number of pyridine rings is 1. The van der Waals surface area contributed by atoms with Gasteiger partial charge in [0.2, 0.25) is 5.91 Å². The fourth-order valence-electron chi connectivity index (χ4n) is 4.39. The maximum absolute atomic E-state index is 12.4. The fourth-order valence-corrected chi connectivity index (χ4v) is 4.39. The van der Waals surface area contributed by atoms with Crippen molar-refractivity contribution in [2.45, 2.75) is 51.4 Å². The Hall–Kier alpha value is -1.91. The third-order valence-corrected chi connectivity index (χ3v) is 5.90. The van der Waals surface area contributed by atoms with Crippen LogP contribution in [0, 0.1) is 11.8 Å². The van der Waals surface area contributed by atoms with E-state index in [1.165, 1.54) is 32.1 Å². The smallest absolute Gasteiger partial charge is 0.255 e. The maximum atomic E-state index is 12.4. The summed E-state index contributed by atoms with van der Waals surface area (Å²) in [5.74, 6) is 1.53. The predicted octanol–water partition coefficient (Wildman–Crippen LogP) is 3.36. The summed E-state index contributed by atoms with van der Waals surface area (Å²) in [5, 5.41) is 0. The van der Waals surface area contributed by atoms with Crippen LogP contribution < -0.4 is 0 Å². The lowest BCUT2D eigenvalue weighted by Gasteiger charge is -2.22. The van der Waals surface area contributed by atoms with E-state index in [9.17, 15) is 9.59 Å². The fraction of sp³-hybridized carbons (Fsp3) is 0.667. The Labute approximate surface area is 156 Å². The summed E-state index contributed by atoms with van der Waals surface area (Å²) in [4.78, 5) is 32.6. The summed E-state index contributed by atoms with van der Waals surface area (Å²) in [5.41, 5.74) is 0.618. The van der Waals surface area contributed by atoms with Crippen molar-refractivity contribution in [3.8, 4) is 0 Å². The quantitative estimate of drug-likeness (QED) is 0.752. The summed E-state index contributed by atoms with van der Waals surface area (Å²) in [6.45, 7) is 2.31. The SMILES string of the molecule is CN(CC1CCN(C(=O)CCCC2CCCC2)C1)C(=O)c1cccnc1. The standard InChI is InChI=1S/C21H31N3O2/c1-23(21(26)19-9-5-12-22-14-19)15-18-11-13-24(16-18)20(25)10-4-8-17-6-2-3-7-17/h5,9,12,14,17-18H,2-4,6-8,10-11,13,15-16H2,1H3. The van der Waals surface area contributed by atoms with Gasteiger partial charge in [0.25, 0.3) is 5.91 Å². The monoisotopic (exact) mass is 357 g/mol. The molecular weight excluding hydrogens is 326 g/mol. The number of likely N-dealkylation sites (tertiary alicyclic amines) is 1.